The Morgan fingerprint density at radius 1 is 1.19 bits per heavy atom. The average molecular weight is 379 g/mol. The lowest BCUT2D eigenvalue weighted by Crippen LogP contribution is -2.37. The standard InChI is InChI=1S/C16H14FN3O5S/c17-11-2-1-3-14(8-11)19-10-12(9-16(19)21)18-26(24,25)15-6-4-13(5-7-15)20(22)23/h1-8,12,18H,9-10H2/t12-/m1/s1. The number of nitro benzene ring substituents is 1. The summed E-state index contributed by atoms with van der Waals surface area (Å²) in [5, 5.41) is 10.6. The highest BCUT2D eigenvalue weighted by molar-refractivity contribution is 7.89. The van der Waals surface area contributed by atoms with Gasteiger partial charge in [0.2, 0.25) is 15.9 Å². The van der Waals surface area contributed by atoms with Crippen LogP contribution in [0.5, 0.6) is 0 Å². The maximum atomic E-state index is 13.3. The molecule has 3 rings (SSSR count). The van der Waals surface area contributed by atoms with Gasteiger partial charge in [-0.05, 0) is 30.3 Å². The van der Waals surface area contributed by atoms with Gasteiger partial charge in [-0.3, -0.25) is 14.9 Å². The lowest BCUT2D eigenvalue weighted by atomic mass is 10.3. The van der Waals surface area contributed by atoms with Crippen molar-refractivity contribution in [2.75, 3.05) is 11.4 Å². The number of non-ortho nitro benzene ring substituents is 1. The van der Waals surface area contributed by atoms with Crippen LogP contribution in [0.15, 0.2) is 53.4 Å². The number of nitrogens with one attached hydrogen (secondary N) is 1. The first-order chi connectivity index (χ1) is 12.3. The van der Waals surface area contributed by atoms with E-state index in [9.17, 15) is 27.7 Å². The Morgan fingerprint density at radius 2 is 1.88 bits per heavy atom. The fourth-order valence-electron chi connectivity index (χ4n) is 2.71. The van der Waals surface area contributed by atoms with Gasteiger partial charge in [0.15, 0.2) is 0 Å². The van der Waals surface area contributed by atoms with Crippen LogP contribution in [0.4, 0.5) is 15.8 Å². The number of carbonyl (C=O) groups excluding carboxylic acids is 1. The molecule has 10 heteroatoms. The number of anilines is 1. The highest BCUT2D eigenvalue weighted by atomic mass is 32.2. The van der Waals surface area contributed by atoms with Crippen molar-refractivity contribution in [2.24, 2.45) is 0 Å². The normalized spacial score (nSPS) is 17.5. The molecule has 0 aliphatic carbocycles. The lowest BCUT2D eigenvalue weighted by molar-refractivity contribution is -0.384. The van der Waals surface area contributed by atoms with Crippen molar-refractivity contribution in [3.63, 3.8) is 0 Å². The van der Waals surface area contributed by atoms with Crippen molar-refractivity contribution in [2.45, 2.75) is 17.4 Å². The monoisotopic (exact) mass is 379 g/mol. The molecule has 26 heavy (non-hydrogen) atoms. The van der Waals surface area contributed by atoms with Gasteiger partial charge in [-0.2, -0.15) is 0 Å². The lowest BCUT2D eigenvalue weighted by Gasteiger charge is -2.17. The van der Waals surface area contributed by atoms with E-state index in [2.05, 4.69) is 4.72 Å². The SMILES string of the molecule is O=C1C[C@@H](NS(=O)(=O)c2ccc([N+](=O)[O-])cc2)CN1c1cccc(F)c1. The van der Waals surface area contributed by atoms with Crippen LogP contribution in [-0.2, 0) is 14.8 Å². The van der Waals surface area contributed by atoms with Gasteiger partial charge in [0.25, 0.3) is 5.69 Å². The largest absolute Gasteiger partial charge is 0.311 e. The molecule has 2 aromatic carbocycles. The maximum absolute atomic E-state index is 13.3. The van der Waals surface area contributed by atoms with E-state index in [0.717, 1.165) is 24.3 Å². The first-order valence-electron chi connectivity index (χ1n) is 7.59. The van der Waals surface area contributed by atoms with Gasteiger partial charge < -0.3 is 4.90 Å². The molecular formula is C16H14FN3O5S. The van der Waals surface area contributed by atoms with Crippen LogP contribution in [-0.4, -0.2) is 31.8 Å². The minimum Gasteiger partial charge on any atom is -0.311 e. The number of amides is 1. The summed E-state index contributed by atoms with van der Waals surface area (Å²) >= 11 is 0. The minimum atomic E-state index is -3.95. The molecule has 1 N–H and O–H groups in total. The Hall–Kier alpha value is -2.85. The van der Waals surface area contributed by atoms with E-state index in [1.165, 1.54) is 23.1 Å². The Labute approximate surface area is 148 Å². The number of nitrogens with zero attached hydrogens (tertiary/aromatic N) is 2. The zero-order chi connectivity index (χ0) is 18.9. The number of sulfonamides is 1. The number of halogens is 1. The molecule has 1 aliphatic rings. The molecule has 0 aromatic heterocycles. The highest BCUT2D eigenvalue weighted by Gasteiger charge is 2.33. The highest BCUT2D eigenvalue weighted by Crippen LogP contribution is 2.23. The van der Waals surface area contributed by atoms with E-state index in [1.54, 1.807) is 6.07 Å². The number of benzene rings is 2. The van der Waals surface area contributed by atoms with E-state index in [0.29, 0.717) is 5.69 Å². The van der Waals surface area contributed by atoms with Crippen molar-refractivity contribution in [3.05, 3.63) is 64.5 Å². The molecule has 8 nitrogen and oxygen atoms in total. The number of carbonyl (C=O) groups is 1. The topological polar surface area (TPSA) is 110 Å². The third kappa shape index (κ3) is 3.70. The number of nitro groups is 1. The average Bonchev–Trinajstić information content (AvgIpc) is 2.94. The van der Waals surface area contributed by atoms with Crippen molar-refractivity contribution < 1.29 is 22.5 Å². The molecule has 0 spiro atoms. The molecular weight excluding hydrogens is 365 g/mol. The summed E-state index contributed by atoms with van der Waals surface area (Å²) in [5.41, 5.74) is 0.129. The third-order valence-electron chi connectivity index (χ3n) is 3.92. The zero-order valence-corrected chi connectivity index (χ0v) is 14.1. The van der Waals surface area contributed by atoms with E-state index >= 15 is 0 Å². The zero-order valence-electron chi connectivity index (χ0n) is 13.3. The summed E-state index contributed by atoms with van der Waals surface area (Å²) in [6, 6.07) is 9.22. The predicted octanol–water partition coefficient (Wildman–Crippen LogP) is 1.82. The molecule has 0 bridgehead atoms. The van der Waals surface area contributed by atoms with Crippen LogP contribution in [0.25, 0.3) is 0 Å². The van der Waals surface area contributed by atoms with E-state index in [4.69, 9.17) is 0 Å². The Morgan fingerprint density at radius 3 is 2.50 bits per heavy atom. The van der Waals surface area contributed by atoms with Crippen LogP contribution >= 0.6 is 0 Å². The third-order valence-corrected chi connectivity index (χ3v) is 5.46. The van der Waals surface area contributed by atoms with E-state index in [-0.39, 0.29) is 29.5 Å². The molecule has 0 unspecified atom stereocenters. The van der Waals surface area contributed by atoms with Crippen LogP contribution < -0.4 is 9.62 Å². The molecule has 1 heterocycles. The van der Waals surface area contributed by atoms with Crippen molar-refractivity contribution in [1.29, 1.82) is 0 Å². The van der Waals surface area contributed by atoms with Crippen molar-refractivity contribution >= 4 is 27.3 Å². The summed E-state index contributed by atoms with van der Waals surface area (Å²) in [4.78, 5) is 23.3. The smallest absolute Gasteiger partial charge is 0.269 e. The molecule has 1 saturated heterocycles. The maximum Gasteiger partial charge on any atom is 0.269 e. The minimum absolute atomic E-state index is 0.0640. The molecule has 0 saturated carbocycles. The van der Waals surface area contributed by atoms with Gasteiger partial charge in [0.05, 0.1) is 9.82 Å². The summed E-state index contributed by atoms with van der Waals surface area (Å²) in [5.74, 6) is -0.822. The summed E-state index contributed by atoms with van der Waals surface area (Å²) < 4.78 is 40.5. The van der Waals surface area contributed by atoms with Gasteiger partial charge in [0, 0.05) is 36.8 Å². The second-order valence-corrected chi connectivity index (χ2v) is 7.47. The van der Waals surface area contributed by atoms with E-state index < -0.39 is 26.8 Å². The molecule has 1 atom stereocenters. The van der Waals surface area contributed by atoms with Gasteiger partial charge in [-0.25, -0.2) is 17.5 Å². The van der Waals surface area contributed by atoms with Crippen molar-refractivity contribution in [1.82, 2.24) is 4.72 Å². The fraction of sp³-hybridized carbons (Fsp3) is 0.188. The first kappa shape index (κ1) is 18.0. The predicted molar refractivity (Wildman–Crippen MR) is 90.6 cm³/mol. The second-order valence-electron chi connectivity index (χ2n) is 5.76. The van der Waals surface area contributed by atoms with Gasteiger partial charge in [0.1, 0.15) is 5.82 Å². The molecule has 1 aliphatic heterocycles. The number of hydrogen-bond acceptors (Lipinski definition) is 5. The van der Waals surface area contributed by atoms with Crippen LogP contribution in [0.3, 0.4) is 0 Å². The quantitative estimate of drug-likeness (QED) is 0.629. The summed E-state index contributed by atoms with van der Waals surface area (Å²) in [6.45, 7) is 0.0640. The Bertz CT molecular complexity index is 962. The fourth-order valence-corrected chi connectivity index (χ4v) is 3.94. The molecule has 1 amide bonds. The molecule has 136 valence electrons. The van der Waals surface area contributed by atoms with Gasteiger partial charge in [-0.1, -0.05) is 6.07 Å². The van der Waals surface area contributed by atoms with Gasteiger partial charge >= 0.3 is 0 Å². The van der Waals surface area contributed by atoms with Crippen LogP contribution in [0.2, 0.25) is 0 Å². The summed E-state index contributed by atoms with van der Waals surface area (Å²) in [6.07, 6.45) is -0.0667. The number of hydrogen-bond donors (Lipinski definition) is 1. The number of rotatable bonds is 5. The Balaban J connectivity index is 1.74. The first-order valence-corrected chi connectivity index (χ1v) is 9.07. The van der Waals surface area contributed by atoms with Gasteiger partial charge in [-0.15, -0.1) is 0 Å². The van der Waals surface area contributed by atoms with Crippen molar-refractivity contribution in [3.8, 4) is 0 Å². The molecule has 1 fully saturated rings. The van der Waals surface area contributed by atoms with Crippen LogP contribution in [0.1, 0.15) is 6.42 Å². The molecule has 0 radical (unpaired) electrons. The van der Waals surface area contributed by atoms with E-state index in [1.807, 2.05) is 0 Å². The van der Waals surface area contributed by atoms with Crippen LogP contribution in [0, 0.1) is 15.9 Å². The molecule has 2 aromatic rings. The Kier molecular flexibility index (Phi) is 4.70. The second kappa shape index (κ2) is 6.81. The summed E-state index contributed by atoms with van der Waals surface area (Å²) in [7, 11) is -3.95.